The minimum atomic E-state index is -0.0785. The first-order chi connectivity index (χ1) is 10.2. The summed E-state index contributed by atoms with van der Waals surface area (Å²) in [7, 11) is 0. The SMILES string of the molecule is CC(NCCNC(=O)c1cccc(Br)c1)c1cnccn1. The summed E-state index contributed by atoms with van der Waals surface area (Å²) in [4.78, 5) is 20.2. The van der Waals surface area contributed by atoms with Crippen LogP contribution >= 0.6 is 15.9 Å². The number of benzene rings is 1. The summed E-state index contributed by atoms with van der Waals surface area (Å²) < 4.78 is 0.893. The minimum Gasteiger partial charge on any atom is -0.351 e. The highest BCUT2D eigenvalue weighted by Crippen LogP contribution is 2.11. The summed E-state index contributed by atoms with van der Waals surface area (Å²) in [6, 6.07) is 7.41. The Bertz CT molecular complexity index is 591. The molecule has 5 nitrogen and oxygen atoms in total. The van der Waals surface area contributed by atoms with E-state index < -0.39 is 0 Å². The van der Waals surface area contributed by atoms with Crippen LogP contribution in [0.2, 0.25) is 0 Å². The molecule has 0 aliphatic carbocycles. The predicted molar refractivity (Wildman–Crippen MR) is 84.9 cm³/mol. The Morgan fingerprint density at radius 3 is 2.90 bits per heavy atom. The molecular formula is C15H17BrN4O. The number of aromatic nitrogens is 2. The molecule has 0 fully saturated rings. The quantitative estimate of drug-likeness (QED) is 0.786. The molecule has 0 aliphatic rings. The van der Waals surface area contributed by atoms with Crippen molar-refractivity contribution in [2.75, 3.05) is 13.1 Å². The number of nitrogens with zero attached hydrogens (tertiary/aromatic N) is 2. The van der Waals surface area contributed by atoms with E-state index in [9.17, 15) is 4.79 Å². The summed E-state index contributed by atoms with van der Waals surface area (Å²) in [6.45, 7) is 3.23. The zero-order valence-electron chi connectivity index (χ0n) is 11.7. The van der Waals surface area contributed by atoms with Crippen molar-refractivity contribution < 1.29 is 4.79 Å². The molecule has 2 rings (SSSR count). The van der Waals surface area contributed by atoms with E-state index in [1.807, 2.05) is 19.1 Å². The fourth-order valence-corrected chi connectivity index (χ4v) is 2.23. The smallest absolute Gasteiger partial charge is 0.251 e. The highest BCUT2D eigenvalue weighted by Gasteiger charge is 2.07. The third kappa shape index (κ3) is 4.91. The molecule has 6 heteroatoms. The van der Waals surface area contributed by atoms with Crippen LogP contribution in [0.1, 0.15) is 29.0 Å². The Labute approximate surface area is 132 Å². The molecule has 21 heavy (non-hydrogen) atoms. The fourth-order valence-electron chi connectivity index (χ4n) is 1.84. The van der Waals surface area contributed by atoms with Crippen LogP contribution in [0, 0.1) is 0 Å². The molecule has 1 aromatic heterocycles. The van der Waals surface area contributed by atoms with Gasteiger partial charge >= 0.3 is 0 Å². The van der Waals surface area contributed by atoms with E-state index in [-0.39, 0.29) is 11.9 Å². The summed E-state index contributed by atoms with van der Waals surface area (Å²) >= 11 is 3.35. The molecule has 1 unspecified atom stereocenters. The maximum absolute atomic E-state index is 11.9. The monoisotopic (exact) mass is 348 g/mol. The Balaban J connectivity index is 1.74. The Morgan fingerprint density at radius 1 is 1.33 bits per heavy atom. The number of hydrogen-bond donors (Lipinski definition) is 2. The van der Waals surface area contributed by atoms with Gasteiger partial charge in [0.25, 0.3) is 5.91 Å². The largest absolute Gasteiger partial charge is 0.351 e. The van der Waals surface area contributed by atoms with Crippen LogP contribution < -0.4 is 10.6 Å². The van der Waals surface area contributed by atoms with E-state index in [1.165, 1.54) is 0 Å². The molecule has 1 atom stereocenters. The molecule has 1 heterocycles. The molecule has 0 saturated carbocycles. The third-order valence-corrected chi connectivity index (χ3v) is 3.47. The number of nitrogens with one attached hydrogen (secondary N) is 2. The van der Waals surface area contributed by atoms with Crippen LogP contribution in [0.25, 0.3) is 0 Å². The van der Waals surface area contributed by atoms with Crippen LogP contribution in [-0.2, 0) is 0 Å². The van der Waals surface area contributed by atoms with Crippen molar-refractivity contribution in [3.63, 3.8) is 0 Å². The van der Waals surface area contributed by atoms with Crippen molar-refractivity contribution in [3.05, 3.63) is 58.6 Å². The molecule has 2 N–H and O–H groups in total. The van der Waals surface area contributed by atoms with Crippen LogP contribution in [0.4, 0.5) is 0 Å². The number of halogens is 1. The molecule has 0 bridgehead atoms. The third-order valence-electron chi connectivity index (χ3n) is 2.97. The van der Waals surface area contributed by atoms with E-state index in [1.54, 1.807) is 30.7 Å². The summed E-state index contributed by atoms with van der Waals surface area (Å²) in [5.41, 5.74) is 1.53. The van der Waals surface area contributed by atoms with Crippen molar-refractivity contribution in [1.82, 2.24) is 20.6 Å². The number of rotatable bonds is 6. The maximum Gasteiger partial charge on any atom is 0.251 e. The first-order valence-electron chi connectivity index (χ1n) is 6.70. The molecule has 1 amide bonds. The summed E-state index contributed by atoms with van der Waals surface area (Å²) in [5.74, 6) is -0.0785. The predicted octanol–water partition coefficient (Wildman–Crippen LogP) is 2.32. The highest BCUT2D eigenvalue weighted by molar-refractivity contribution is 9.10. The van der Waals surface area contributed by atoms with Crippen molar-refractivity contribution in [2.24, 2.45) is 0 Å². The Hall–Kier alpha value is -1.79. The van der Waals surface area contributed by atoms with Crippen LogP contribution in [-0.4, -0.2) is 29.0 Å². The first-order valence-corrected chi connectivity index (χ1v) is 7.49. The molecular weight excluding hydrogens is 332 g/mol. The zero-order valence-corrected chi connectivity index (χ0v) is 13.3. The lowest BCUT2D eigenvalue weighted by Crippen LogP contribution is -2.33. The van der Waals surface area contributed by atoms with Gasteiger partial charge in [-0.1, -0.05) is 22.0 Å². The lowest BCUT2D eigenvalue weighted by Gasteiger charge is -2.13. The van der Waals surface area contributed by atoms with Gasteiger partial charge in [-0.05, 0) is 25.1 Å². The van der Waals surface area contributed by atoms with Gasteiger partial charge in [0.1, 0.15) is 0 Å². The van der Waals surface area contributed by atoms with E-state index in [4.69, 9.17) is 0 Å². The van der Waals surface area contributed by atoms with Gasteiger partial charge in [-0.3, -0.25) is 14.8 Å². The fraction of sp³-hybridized carbons (Fsp3) is 0.267. The van der Waals surface area contributed by atoms with Crippen LogP contribution in [0.3, 0.4) is 0 Å². The average Bonchev–Trinajstić information content (AvgIpc) is 2.52. The molecule has 0 saturated heterocycles. The van der Waals surface area contributed by atoms with Gasteiger partial charge in [-0.25, -0.2) is 0 Å². The number of hydrogen-bond acceptors (Lipinski definition) is 4. The molecule has 1 aromatic carbocycles. The molecule has 0 aliphatic heterocycles. The minimum absolute atomic E-state index is 0.0785. The van der Waals surface area contributed by atoms with Crippen LogP contribution in [0.15, 0.2) is 47.3 Å². The van der Waals surface area contributed by atoms with E-state index in [0.717, 1.165) is 10.2 Å². The van der Waals surface area contributed by atoms with Crippen LogP contribution in [0.5, 0.6) is 0 Å². The number of amides is 1. The normalized spacial score (nSPS) is 11.9. The average molecular weight is 349 g/mol. The maximum atomic E-state index is 11.9. The second-order valence-electron chi connectivity index (χ2n) is 4.57. The topological polar surface area (TPSA) is 66.9 Å². The van der Waals surface area contributed by atoms with Gasteiger partial charge in [0.05, 0.1) is 5.69 Å². The second kappa shape index (κ2) is 7.85. The van der Waals surface area contributed by atoms with Gasteiger partial charge < -0.3 is 10.6 Å². The van der Waals surface area contributed by atoms with Gasteiger partial charge in [0, 0.05) is 47.8 Å². The van der Waals surface area contributed by atoms with Gasteiger partial charge in [0.2, 0.25) is 0 Å². The van der Waals surface area contributed by atoms with E-state index in [2.05, 4.69) is 36.5 Å². The Morgan fingerprint density at radius 2 is 2.19 bits per heavy atom. The molecule has 2 aromatic rings. The number of carbonyl (C=O) groups excluding carboxylic acids is 1. The highest BCUT2D eigenvalue weighted by atomic mass is 79.9. The number of carbonyl (C=O) groups is 1. The summed E-state index contributed by atoms with van der Waals surface area (Å²) in [5, 5.41) is 6.17. The zero-order chi connectivity index (χ0) is 15.1. The Kier molecular flexibility index (Phi) is 5.83. The van der Waals surface area contributed by atoms with Crippen molar-refractivity contribution in [3.8, 4) is 0 Å². The first kappa shape index (κ1) is 15.6. The molecule has 110 valence electrons. The molecule has 0 radical (unpaired) electrons. The lowest BCUT2D eigenvalue weighted by molar-refractivity contribution is 0.0953. The second-order valence-corrected chi connectivity index (χ2v) is 5.49. The van der Waals surface area contributed by atoms with E-state index >= 15 is 0 Å². The lowest BCUT2D eigenvalue weighted by atomic mass is 10.2. The summed E-state index contributed by atoms with van der Waals surface area (Å²) in [6.07, 6.45) is 5.05. The molecule has 0 spiro atoms. The van der Waals surface area contributed by atoms with Crippen molar-refractivity contribution in [2.45, 2.75) is 13.0 Å². The van der Waals surface area contributed by atoms with Crippen molar-refractivity contribution >= 4 is 21.8 Å². The van der Waals surface area contributed by atoms with Gasteiger partial charge in [-0.15, -0.1) is 0 Å². The van der Waals surface area contributed by atoms with Gasteiger partial charge in [0.15, 0.2) is 0 Å². The van der Waals surface area contributed by atoms with Gasteiger partial charge in [-0.2, -0.15) is 0 Å². The standard InChI is InChI=1S/C15H17BrN4O/c1-11(14-10-17-5-6-19-14)18-7-8-20-15(21)12-3-2-4-13(16)9-12/h2-6,9-11,18H,7-8H2,1H3,(H,20,21). The van der Waals surface area contributed by atoms with E-state index in [0.29, 0.717) is 18.7 Å². The van der Waals surface area contributed by atoms with Crippen molar-refractivity contribution in [1.29, 1.82) is 0 Å².